The number of aryl methyl sites for hydroxylation is 1. The number of ether oxygens (including phenoxy) is 1. The molecule has 1 N–H and O–H groups in total. The third kappa shape index (κ3) is 3.12. The normalized spacial score (nSPS) is 10.2. The molecule has 0 aliphatic carbocycles. The topological polar surface area (TPSA) is 51.2 Å². The van der Waals surface area contributed by atoms with Crippen molar-refractivity contribution >= 4 is 11.6 Å². The molecule has 0 atom stereocenters. The molecule has 0 spiro atoms. The summed E-state index contributed by atoms with van der Waals surface area (Å²) in [6.45, 7) is 3.89. The second-order valence-electron chi connectivity index (χ2n) is 4.21. The molecule has 5 heteroatoms. The zero-order chi connectivity index (χ0) is 14.5. The van der Waals surface area contributed by atoms with Gasteiger partial charge in [0.1, 0.15) is 11.4 Å². The van der Waals surface area contributed by atoms with Crippen molar-refractivity contribution in [2.45, 2.75) is 13.8 Å². The molecule has 0 radical (unpaired) electrons. The Balaban J connectivity index is 2.21. The Morgan fingerprint density at radius 3 is 2.90 bits per heavy atom. The van der Waals surface area contributed by atoms with Crippen LogP contribution in [-0.2, 0) is 0 Å². The van der Waals surface area contributed by atoms with Gasteiger partial charge in [0.15, 0.2) is 0 Å². The van der Waals surface area contributed by atoms with Gasteiger partial charge in [-0.1, -0.05) is 6.07 Å². The van der Waals surface area contributed by atoms with Crippen molar-refractivity contribution in [2.75, 3.05) is 11.9 Å². The van der Waals surface area contributed by atoms with Crippen LogP contribution in [0.2, 0.25) is 0 Å². The lowest BCUT2D eigenvalue weighted by Crippen LogP contribution is -2.14. The molecule has 4 nitrogen and oxygen atoms in total. The van der Waals surface area contributed by atoms with E-state index in [1.807, 2.05) is 6.92 Å². The van der Waals surface area contributed by atoms with E-state index in [9.17, 15) is 9.18 Å². The molecule has 2 rings (SSSR count). The largest absolute Gasteiger partial charge is 0.477 e. The number of amides is 1. The first-order chi connectivity index (χ1) is 9.61. The molecule has 104 valence electrons. The first-order valence-corrected chi connectivity index (χ1v) is 6.27. The number of carbonyl (C=O) groups is 1. The molecule has 0 aliphatic rings. The van der Waals surface area contributed by atoms with Gasteiger partial charge in [0.05, 0.1) is 6.61 Å². The van der Waals surface area contributed by atoms with Gasteiger partial charge < -0.3 is 10.1 Å². The van der Waals surface area contributed by atoms with Crippen molar-refractivity contribution in [1.82, 2.24) is 4.98 Å². The molecule has 2 aromatic rings. The predicted octanol–water partition coefficient (Wildman–Crippen LogP) is 3.18. The maximum absolute atomic E-state index is 13.4. The molecule has 1 amide bonds. The van der Waals surface area contributed by atoms with Crippen LogP contribution in [0.4, 0.5) is 10.1 Å². The van der Waals surface area contributed by atoms with Crippen LogP contribution < -0.4 is 10.1 Å². The Morgan fingerprint density at radius 1 is 1.40 bits per heavy atom. The SMILES string of the molecule is CCOc1ncccc1C(=O)Nc1ccc(C)c(F)c1. The average Bonchev–Trinajstić information content (AvgIpc) is 2.44. The number of aromatic nitrogens is 1. The Kier molecular flexibility index (Phi) is 4.30. The minimum atomic E-state index is -0.384. The molecule has 0 saturated heterocycles. The molecular weight excluding hydrogens is 259 g/mol. The van der Waals surface area contributed by atoms with E-state index in [2.05, 4.69) is 10.3 Å². The third-order valence-electron chi connectivity index (χ3n) is 2.73. The highest BCUT2D eigenvalue weighted by atomic mass is 19.1. The van der Waals surface area contributed by atoms with E-state index in [0.717, 1.165) is 0 Å². The van der Waals surface area contributed by atoms with E-state index in [4.69, 9.17) is 4.74 Å². The van der Waals surface area contributed by atoms with E-state index in [1.54, 1.807) is 37.4 Å². The van der Waals surface area contributed by atoms with Crippen molar-refractivity contribution in [2.24, 2.45) is 0 Å². The third-order valence-corrected chi connectivity index (χ3v) is 2.73. The minimum Gasteiger partial charge on any atom is -0.477 e. The number of hydrogen-bond donors (Lipinski definition) is 1. The van der Waals surface area contributed by atoms with Crippen LogP contribution in [0.1, 0.15) is 22.8 Å². The molecule has 0 fully saturated rings. The van der Waals surface area contributed by atoms with E-state index >= 15 is 0 Å². The molecule has 1 heterocycles. The predicted molar refractivity (Wildman–Crippen MR) is 74.5 cm³/mol. The van der Waals surface area contributed by atoms with E-state index < -0.39 is 0 Å². The highest BCUT2D eigenvalue weighted by Gasteiger charge is 2.13. The lowest BCUT2D eigenvalue weighted by Gasteiger charge is -2.09. The zero-order valence-electron chi connectivity index (χ0n) is 11.3. The summed E-state index contributed by atoms with van der Waals surface area (Å²) in [7, 11) is 0. The molecule has 1 aromatic heterocycles. The molecule has 0 saturated carbocycles. The van der Waals surface area contributed by atoms with Gasteiger partial charge >= 0.3 is 0 Å². The van der Waals surface area contributed by atoms with Crippen LogP contribution >= 0.6 is 0 Å². The van der Waals surface area contributed by atoms with Crippen LogP contribution in [0.5, 0.6) is 5.88 Å². The summed E-state index contributed by atoms with van der Waals surface area (Å²) in [5.41, 5.74) is 1.24. The van der Waals surface area contributed by atoms with Gasteiger partial charge in [0.25, 0.3) is 5.91 Å². The standard InChI is InChI=1S/C15H15FN2O2/c1-3-20-15-12(5-4-8-17-15)14(19)18-11-7-6-10(2)13(16)9-11/h4-9H,3H2,1-2H3,(H,18,19). The average molecular weight is 274 g/mol. The monoisotopic (exact) mass is 274 g/mol. The smallest absolute Gasteiger partial charge is 0.261 e. The molecule has 0 bridgehead atoms. The maximum atomic E-state index is 13.4. The number of nitrogens with one attached hydrogen (secondary N) is 1. The molecule has 0 unspecified atom stereocenters. The Labute approximate surface area is 116 Å². The number of hydrogen-bond acceptors (Lipinski definition) is 3. The highest BCUT2D eigenvalue weighted by Crippen LogP contribution is 2.18. The van der Waals surface area contributed by atoms with Crippen molar-refractivity contribution in [3.05, 3.63) is 53.5 Å². The van der Waals surface area contributed by atoms with Crippen LogP contribution in [0.3, 0.4) is 0 Å². The first kappa shape index (κ1) is 14.0. The zero-order valence-corrected chi connectivity index (χ0v) is 11.3. The fourth-order valence-corrected chi connectivity index (χ4v) is 1.68. The summed E-state index contributed by atoms with van der Waals surface area (Å²) >= 11 is 0. The fraction of sp³-hybridized carbons (Fsp3) is 0.200. The van der Waals surface area contributed by atoms with Gasteiger partial charge in [0.2, 0.25) is 5.88 Å². The van der Waals surface area contributed by atoms with E-state index in [-0.39, 0.29) is 17.6 Å². The fourth-order valence-electron chi connectivity index (χ4n) is 1.68. The quantitative estimate of drug-likeness (QED) is 0.931. The van der Waals surface area contributed by atoms with Crippen LogP contribution in [-0.4, -0.2) is 17.5 Å². The van der Waals surface area contributed by atoms with Gasteiger partial charge in [-0.15, -0.1) is 0 Å². The molecule has 1 aromatic carbocycles. The number of carbonyl (C=O) groups excluding carboxylic acids is 1. The lowest BCUT2D eigenvalue weighted by molar-refractivity contribution is 0.102. The number of anilines is 1. The summed E-state index contributed by atoms with van der Waals surface area (Å²) in [4.78, 5) is 16.2. The lowest BCUT2D eigenvalue weighted by atomic mass is 10.2. The summed E-state index contributed by atoms with van der Waals surface area (Å²) in [6, 6.07) is 7.79. The Morgan fingerprint density at radius 2 is 2.20 bits per heavy atom. The van der Waals surface area contributed by atoms with E-state index in [1.165, 1.54) is 6.07 Å². The first-order valence-electron chi connectivity index (χ1n) is 6.27. The van der Waals surface area contributed by atoms with Gasteiger partial charge in [0, 0.05) is 11.9 Å². The van der Waals surface area contributed by atoms with Gasteiger partial charge in [-0.3, -0.25) is 4.79 Å². The number of benzene rings is 1. The van der Waals surface area contributed by atoms with Crippen molar-refractivity contribution in [3.8, 4) is 5.88 Å². The summed E-state index contributed by atoms with van der Waals surface area (Å²) in [6.07, 6.45) is 1.55. The minimum absolute atomic E-state index is 0.264. The Hall–Kier alpha value is -2.43. The number of nitrogens with zero attached hydrogens (tertiary/aromatic N) is 1. The number of rotatable bonds is 4. The second-order valence-corrected chi connectivity index (χ2v) is 4.21. The van der Waals surface area contributed by atoms with Gasteiger partial charge in [-0.2, -0.15) is 0 Å². The maximum Gasteiger partial charge on any atom is 0.261 e. The van der Waals surface area contributed by atoms with Crippen LogP contribution in [0.25, 0.3) is 0 Å². The Bertz CT molecular complexity index is 629. The molecular formula is C15H15FN2O2. The summed E-state index contributed by atoms with van der Waals surface area (Å²) in [5, 5.41) is 2.63. The molecule has 0 aliphatic heterocycles. The van der Waals surface area contributed by atoms with Crippen molar-refractivity contribution in [1.29, 1.82) is 0 Å². The van der Waals surface area contributed by atoms with Crippen molar-refractivity contribution in [3.63, 3.8) is 0 Å². The van der Waals surface area contributed by atoms with Gasteiger partial charge in [-0.25, -0.2) is 9.37 Å². The molecule has 20 heavy (non-hydrogen) atoms. The van der Waals surface area contributed by atoms with Gasteiger partial charge in [-0.05, 0) is 43.7 Å². The van der Waals surface area contributed by atoms with Crippen molar-refractivity contribution < 1.29 is 13.9 Å². The number of halogens is 1. The summed E-state index contributed by atoms with van der Waals surface area (Å²) < 4.78 is 18.7. The highest BCUT2D eigenvalue weighted by molar-refractivity contribution is 6.05. The summed E-state index contributed by atoms with van der Waals surface area (Å²) in [5.74, 6) is -0.482. The van der Waals surface area contributed by atoms with E-state index in [0.29, 0.717) is 23.4 Å². The second kappa shape index (κ2) is 6.14. The van der Waals surface area contributed by atoms with Crippen LogP contribution in [0.15, 0.2) is 36.5 Å². The number of pyridine rings is 1. The van der Waals surface area contributed by atoms with Crippen LogP contribution in [0, 0.1) is 12.7 Å².